The number of rotatable bonds is 0. The summed E-state index contributed by atoms with van der Waals surface area (Å²) in [4.78, 5) is 24.9. The van der Waals surface area contributed by atoms with E-state index in [9.17, 15) is 9.59 Å². The van der Waals surface area contributed by atoms with Crippen LogP contribution in [0.1, 0.15) is 53.2 Å². The number of ketones is 1. The lowest BCUT2D eigenvalue weighted by atomic mass is 9.95. The predicted octanol–water partition coefficient (Wildman–Crippen LogP) is 4.91. The minimum Gasteiger partial charge on any atom is -0.459 e. The number of hydrogen-bond acceptors (Lipinski definition) is 3. The van der Waals surface area contributed by atoms with Gasteiger partial charge in [0, 0.05) is 17.9 Å². The molecule has 1 aliphatic rings. The highest BCUT2D eigenvalue weighted by Gasteiger charge is 2.23. The van der Waals surface area contributed by atoms with Gasteiger partial charge in [-0.05, 0) is 56.4 Å². The normalized spacial score (nSPS) is 22.2. The van der Waals surface area contributed by atoms with E-state index in [1.54, 1.807) is 6.08 Å². The third-order valence-electron chi connectivity index (χ3n) is 4.04. The van der Waals surface area contributed by atoms with Crippen LogP contribution in [0.4, 0.5) is 0 Å². The summed E-state index contributed by atoms with van der Waals surface area (Å²) in [6.45, 7) is 5.58. The van der Waals surface area contributed by atoms with Gasteiger partial charge in [0.1, 0.15) is 6.10 Å². The number of carbonyl (C=O) groups is 2. The highest BCUT2D eigenvalue weighted by Crippen LogP contribution is 2.29. The van der Waals surface area contributed by atoms with E-state index < -0.39 is 5.97 Å². The van der Waals surface area contributed by atoms with E-state index in [0.29, 0.717) is 22.6 Å². The fraction of sp³-hybridized carbons (Fsp3) is 0.400. The van der Waals surface area contributed by atoms with Gasteiger partial charge in [0.15, 0.2) is 5.78 Å². The number of carbonyl (C=O) groups excluding carboxylic acids is 2. The highest BCUT2D eigenvalue weighted by molar-refractivity contribution is 6.33. The van der Waals surface area contributed by atoms with Gasteiger partial charge in [-0.3, -0.25) is 4.79 Å². The van der Waals surface area contributed by atoms with Crippen molar-refractivity contribution in [2.75, 3.05) is 0 Å². The molecule has 1 aromatic carbocycles. The number of allylic oxidation sites excluding steroid dienone is 3. The van der Waals surface area contributed by atoms with Crippen LogP contribution in [-0.2, 0) is 16.0 Å². The summed E-state index contributed by atoms with van der Waals surface area (Å²) < 4.78 is 5.55. The topological polar surface area (TPSA) is 43.4 Å². The lowest BCUT2D eigenvalue weighted by Gasteiger charge is -2.18. The molecule has 2 rings (SSSR count). The van der Waals surface area contributed by atoms with Crippen LogP contribution >= 0.6 is 11.6 Å². The van der Waals surface area contributed by atoms with Gasteiger partial charge >= 0.3 is 5.97 Å². The molecular formula is C20H23ClO3. The van der Waals surface area contributed by atoms with Gasteiger partial charge in [-0.2, -0.15) is 0 Å². The van der Waals surface area contributed by atoms with Crippen LogP contribution in [0.5, 0.6) is 0 Å². The van der Waals surface area contributed by atoms with Crippen molar-refractivity contribution < 1.29 is 14.3 Å². The maximum absolute atomic E-state index is 12.6. The van der Waals surface area contributed by atoms with Crippen LogP contribution in [0.25, 0.3) is 0 Å². The zero-order valence-electron chi connectivity index (χ0n) is 14.4. The van der Waals surface area contributed by atoms with E-state index in [1.807, 2.05) is 45.1 Å². The Morgan fingerprint density at radius 1 is 1.08 bits per heavy atom. The van der Waals surface area contributed by atoms with E-state index in [2.05, 4.69) is 0 Å². The smallest absolute Gasteiger partial charge is 0.339 e. The maximum atomic E-state index is 12.6. The van der Waals surface area contributed by atoms with Gasteiger partial charge in [-0.25, -0.2) is 4.79 Å². The number of benzene rings is 1. The van der Waals surface area contributed by atoms with Gasteiger partial charge < -0.3 is 4.74 Å². The van der Waals surface area contributed by atoms with Crippen molar-refractivity contribution >= 4 is 23.4 Å². The Morgan fingerprint density at radius 2 is 1.79 bits per heavy atom. The first kappa shape index (κ1) is 18.5. The van der Waals surface area contributed by atoms with Crippen LogP contribution in [0.3, 0.4) is 0 Å². The van der Waals surface area contributed by atoms with Crippen molar-refractivity contribution in [3.8, 4) is 0 Å². The van der Waals surface area contributed by atoms with Crippen molar-refractivity contribution in [1.82, 2.24) is 0 Å². The summed E-state index contributed by atoms with van der Waals surface area (Å²) in [5, 5.41) is 0.467. The fourth-order valence-electron chi connectivity index (χ4n) is 2.83. The molecule has 1 aromatic rings. The SMILES string of the molecule is Cc1cc(C)c2c(c1Cl)CC(=O)/C=C/CC/C=C/C[C@@H](C)OC2=O. The summed E-state index contributed by atoms with van der Waals surface area (Å²) >= 11 is 6.41. The summed E-state index contributed by atoms with van der Waals surface area (Å²) in [6.07, 6.45) is 9.72. The molecule has 1 heterocycles. The van der Waals surface area contributed by atoms with Crippen molar-refractivity contribution in [3.63, 3.8) is 0 Å². The Kier molecular flexibility index (Phi) is 6.38. The lowest BCUT2D eigenvalue weighted by molar-refractivity contribution is -0.114. The first-order valence-electron chi connectivity index (χ1n) is 8.24. The number of cyclic esters (lactones) is 1. The molecule has 0 radical (unpaired) electrons. The zero-order valence-corrected chi connectivity index (χ0v) is 15.2. The standard InChI is InChI=1S/C20H23ClO3/c1-13-11-14(2)19(21)17-12-16(22)10-8-6-4-5-7-9-15(3)24-20(23)18(13)17/h5,7-8,10-11,15H,4,6,9,12H2,1-3H3/b7-5+,10-8+/t15-/m1/s1. The minimum atomic E-state index is -0.417. The van der Waals surface area contributed by atoms with E-state index in [4.69, 9.17) is 16.3 Å². The number of fused-ring (bicyclic) bond motifs is 1. The average Bonchev–Trinajstić information content (AvgIpc) is 2.50. The van der Waals surface area contributed by atoms with E-state index >= 15 is 0 Å². The van der Waals surface area contributed by atoms with E-state index in [0.717, 1.165) is 24.0 Å². The van der Waals surface area contributed by atoms with Crippen molar-refractivity contribution in [1.29, 1.82) is 0 Å². The second-order valence-electron chi connectivity index (χ2n) is 6.22. The molecule has 1 aliphatic heterocycles. The Hall–Kier alpha value is -1.87. The van der Waals surface area contributed by atoms with Crippen molar-refractivity contribution in [3.05, 3.63) is 57.6 Å². The van der Waals surface area contributed by atoms with Gasteiger partial charge in [-0.1, -0.05) is 35.9 Å². The van der Waals surface area contributed by atoms with Crippen LogP contribution in [0.2, 0.25) is 5.02 Å². The molecule has 0 saturated carbocycles. The molecule has 1 atom stereocenters. The molecule has 0 saturated heterocycles. The quantitative estimate of drug-likeness (QED) is 0.495. The molecule has 0 bridgehead atoms. The van der Waals surface area contributed by atoms with Gasteiger partial charge in [0.25, 0.3) is 0 Å². The molecule has 3 nitrogen and oxygen atoms in total. The molecule has 0 unspecified atom stereocenters. The molecule has 0 aromatic heterocycles. The molecule has 0 spiro atoms. The predicted molar refractivity (Wildman–Crippen MR) is 96.6 cm³/mol. The van der Waals surface area contributed by atoms with Crippen LogP contribution in [-0.4, -0.2) is 17.9 Å². The molecule has 128 valence electrons. The first-order chi connectivity index (χ1) is 11.4. The number of halogens is 1. The molecule has 0 aliphatic carbocycles. The summed E-state index contributed by atoms with van der Waals surface area (Å²) in [7, 11) is 0. The average molecular weight is 347 g/mol. The molecule has 24 heavy (non-hydrogen) atoms. The first-order valence-corrected chi connectivity index (χ1v) is 8.62. The van der Waals surface area contributed by atoms with Crippen LogP contribution < -0.4 is 0 Å². The molecule has 0 N–H and O–H groups in total. The summed E-state index contributed by atoms with van der Waals surface area (Å²) in [5.74, 6) is -0.482. The zero-order chi connectivity index (χ0) is 17.7. The Bertz CT molecular complexity index is 701. The third kappa shape index (κ3) is 4.57. The van der Waals surface area contributed by atoms with Crippen molar-refractivity contribution in [2.45, 2.75) is 52.6 Å². The van der Waals surface area contributed by atoms with E-state index in [1.165, 1.54) is 0 Å². The Labute approximate surface area is 148 Å². The number of ether oxygens (including phenoxy) is 1. The monoisotopic (exact) mass is 346 g/mol. The highest BCUT2D eigenvalue weighted by atomic mass is 35.5. The number of hydrogen-bond donors (Lipinski definition) is 0. The fourth-order valence-corrected chi connectivity index (χ4v) is 3.05. The molecular weight excluding hydrogens is 324 g/mol. The Balaban J connectivity index is 2.49. The molecule has 4 heteroatoms. The second-order valence-corrected chi connectivity index (χ2v) is 6.60. The van der Waals surface area contributed by atoms with E-state index in [-0.39, 0.29) is 18.3 Å². The minimum absolute atomic E-state index is 0.0648. The second kappa shape index (κ2) is 8.29. The van der Waals surface area contributed by atoms with Crippen LogP contribution in [0.15, 0.2) is 30.4 Å². The number of esters is 1. The Morgan fingerprint density at radius 3 is 2.54 bits per heavy atom. The van der Waals surface area contributed by atoms with Gasteiger partial charge in [0.2, 0.25) is 0 Å². The largest absolute Gasteiger partial charge is 0.459 e. The maximum Gasteiger partial charge on any atom is 0.339 e. The number of aryl methyl sites for hydroxylation is 2. The lowest BCUT2D eigenvalue weighted by Crippen LogP contribution is -2.19. The van der Waals surface area contributed by atoms with Gasteiger partial charge in [-0.15, -0.1) is 0 Å². The third-order valence-corrected chi connectivity index (χ3v) is 4.57. The van der Waals surface area contributed by atoms with Crippen LogP contribution in [0, 0.1) is 13.8 Å². The van der Waals surface area contributed by atoms with Crippen molar-refractivity contribution in [2.24, 2.45) is 0 Å². The summed E-state index contributed by atoms with van der Waals surface area (Å²) in [6, 6.07) is 1.86. The molecule has 0 fully saturated rings. The van der Waals surface area contributed by atoms with Gasteiger partial charge in [0.05, 0.1) is 5.56 Å². The molecule has 0 amide bonds. The summed E-state index contributed by atoms with van der Waals surface area (Å²) in [5.41, 5.74) is 2.62.